The average molecular weight is 452 g/mol. The monoisotopic (exact) mass is 451 g/mol. The Kier molecular flexibility index (Phi) is 6.39. The standard InChI is InChI=1S/C25H29N3O3S/c29-16-20-15-26-24(32-20)23-7-6-22(27-23)21(14-17-8-12-31-13-9-17)18-2-4-19(5-3-18)25(30)28-10-1-11-28/h2-7,15,17,21,27,29H,1,8-14,16H2. The lowest BCUT2D eigenvalue weighted by atomic mass is 9.83. The number of carbonyl (C=O) groups excluding carboxylic acids is 1. The molecule has 6 nitrogen and oxygen atoms in total. The van der Waals surface area contributed by atoms with Crippen molar-refractivity contribution < 1.29 is 14.6 Å². The molecule has 3 aromatic rings. The van der Waals surface area contributed by atoms with Gasteiger partial charge in [0.25, 0.3) is 5.91 Å². The highest BCUT2D eigenvalue weighted by atomic mass is 32.1. The van der Waals surface area contributed by atoms with Crippen LogP contribution in [0.5, 0.6) is 0 Å². The molecule has 1 atom stereocenters. The zero-order chi connectivity index (χ0) is 21.9. The van der Waals surface area contributed by atoms with Crippen molar-refractivity contribution >= 4 is 17.2 Å². The molecular formula is C25H29N3O3S. The average Bonchev–Trinajstić information content (AvgIpc) is 3.47. The molecular weight excluding hydrogens is 422 g/mol. The second kappa shape index (κ2) is 9.57. The number of benzene rings is 1. The summed E-state index contributed by atoms with van der Waals surface area (Å²) >= 11 is 1.51. The Morgan fingerprint density at radius 3 is 2.62 bits per heavy atom. The largest absolute Gasteiger partial charge is 0.391 e. The molecule has 4 heterocycles. The maximum atomic E-state index is 12.6. The number of nitrogens with zero attached hydrogens (tertiary/aromatic N) is 2. The van der Waals surface area contributed by atoms with E-state index in [1.165, 1.54) is 16.9 Å². The third-order valence-corrected chi connectivity index (χ3v) is 7.65. The predicted molar refractivity (Wildman–Crippen MR) is 125 cm³/mol. The number of H-pyrrole nitrogens is 1. The van der Waals surface area contributed by atoms with Crippen molar-refractivity contribution in [3.63, 3.8) is 0 Å². The summed E-state index contributed by atoms with van der Waals surface area (Å²) in [5, 5.41) is 10.2. The molecule has 1 unspecified atom stereocenters. The van der Waals surface area contributed by atoms with Crippen molar-refractivity contribution in [3.05, 3.63) is 64.3 Å². The number of thiazole rings is 1. The van der Waals surface area contributed by atoms with E-state index in [4.69, 9.17) is 4.74 Å². The van der Waals surface area contributed by atoms with Crippen molar-refractivity contribution in [1.82, 2.24) is 14.9 Å². The van der Waals surface area contributed by atoms with E-state index in [-0.39, 0.29) is 18.4 Å². The van der Waals surface area contributed by atoms with Gasteiger partial charge in [0.15, 0.2) is 0 Å². The molecule has 2 aromatic heterocycles. The summed E-state index contributed by atoms with van der Waals surface area (Å²) in [6, 6.07) is 12.4. The Bertz CT molecular complexity index is 1050. The first kappa shape index (κ1) is 21.4. The van der Waals surface area contributed by atoms with Gasteiger partial charge in [-0.1, -0.05) is 12.1 Å². The quantitative estimate of drug-likeness (QED) is 0.557. The highest BCUT2D eigenvalue weighted by molar-refractivity contribution is 7.14. The summed E-state index contributed by atoms with van der Waals surface area (Å²) in [4.78, 5) is 23.4. The van der Waals surface area contributed by atoms with Gasteiger partial charge in [-0.15, -0.1) is 11.3 Å². The van der Waals surface area contributed by atoms with Gasteiger partial charge < -0.3 is 19.7 Å². The van der Waals surface area contributed by atoms with Crippen LogP contribution in [-0.2, 0) is 11.3 Å². The summed E-state index contributed by atoms with van der Waals surface area (Å²) in [5.41, 5.74) is 4.13. The fraction of sp³-hybridized carbons (Fsp3) is 0.440. The molecule has 2 aliphatic rings. The van der Waals surface area contributed by atoms with Gasteiger partial charge in [0.2, 0.25) is 0 Å². The Hall–Kier alpha value is -2.48. The van der Waals surface area contributed by atoms with E-state index >= 15 is 0 Å². The van der Waals surface area contributed by atoms with E-state index in [0.29, 0.717) is 5.92 Å². The van der Waals surface area contributed by atoms with Crippen molar-refractivity contribution in [2.45, 2.75) is 38.2 Å². The third-order valence-electron chi connectivity index (χ3n) is 6.64. The van der Waals surface area contributed by atoms with Crippen LogP contribution in [-0.4, -0.2) is 52.2 Å². The van der Waals surface area contributed by atoms with Crippen LogP contribution in [0.1, 0.15) is 58.1 Å². The number of aliphatic hydroxyl groups excluding tert-OH is 1. The van der Waals surface area contributed by atoms with Crippen LogP contribution in [0.3, 0.4) is 0 Å². The van der Waals surface area contributed by atoms with Crippen molar-refractivity contribution in [3.8, 4) is 10.7 Å². The first-order valence-corrected chi connectivity index (χ1v) is 12.2. The van der Waals surface area contributed by atoms with Crippen LogP contribution < -0.4 is 0 Å². The number of hydrogen-bond donors (Lipinski definition) is 2. The molecule has 1 aromatic carbocycles. The third kappa shape index (κ3) is 4.51. The predicted octanol–water partition coefficient (Wildman–Crippen LogP) is 4.43. The molecule has 7 heteroatoms. The molecule has 32 heavy (non-hydrogen) atoms. The van der Waals surface area contributed by atoms with Gasteiger partial charge >= 0.3 is 0 Å². The van der Waals surface area contributed by atoms with Gasteiger partial charge in [0.05, 0.1) is 17.2 Å². The highest BCUT2D eigenvalue weighted by Crippen LogP contribution is 2.36. The number of rotatable bonds is 7. The molecule has 2 fully saturated rings. The summed E-state index contributed by atoms with van der Waals surface area (Å²) < 4.78 is 5.57. The molecule has 0 spiro atoms. The van der Waals surface area contributed by atoms with E-state index in [9.17, 15) is 9.90 Å². The maximum Gasteiger partial charge on any atom is 0.253 e. The van der Waals surface area contributed by atoms with E-state index < -0.39 is 0 Å². The topological polar surface area (TPSA) is 78.5 Å². The van der Waals surface area contributed by atoms with Crippen LogP contribution in [0.15, 0.2) is 42.6 Å². The van der Waals surface area contributed by atoms with Crippen LogP contribution in [0, 0.1) is 5.92 Å². The fourth-order valence-corrected chi connectivity index (χ4v) is 5.32. The SMILES string of the molecule is O=C(c1ccc(C(CC2CCOCC2)c2ccc(-c3ncc(CO)s3)[nH]2)cc1)N1CCC1. The van der Waals surface area contributed by atoms with E-state index in [1.54, 1.807) is 6.20 Å². The zero-order valence-electron chi connectivity index (χ0n) is 18.1. The van der Waals surface area contributed by atoms with Crippen molar-refractivity contribution in [2.75, 3.05) is 26.3 Å². The number of likely N-dealkylation sites (tertiary alicyclic amines) is 1. The minimum absolute atomic E-state index is 0.0140. The van der Waals surface area contributed by atoms with Crippen LogP contribution in [0.4, 0.5) is 0 Å². The number of aromatic nitrogens is 2. The summed E-state index contributed by atoms with van der Waals surface area (Å²) in [6.07, 6.45) is 6.05. The molecule has 2 saturated heterocycles. The van der Waals surface area contributed by atoms with Gasteiger partial charge in [-0.25, -0.2) is 4.98 Å². The molecule has 0 saturated carbocycles. The molecule has 2 aliphatic heterocycles. The van der Waals surface area contributed by atoms with E-state index in [2.05, 4.69) is 34.2 Å². The van der Waals surface area contributed by atoms with Crippen LogP contribution in [0.25, 0.3) is 10.7 Å². The number of carbonyl (C=O) groups is 1. The molecule has 2 N–H and O–H groups in total. The van der Waals surface area contributed by atoms with Gasteiger partial charge in [-0.05, 0) is 61.4 Å². The molecule has 0 radical (unpaired) electrons. The Balaban J connectivity index is 1.41. The summed E-state index contributed by atoms with van der Waals surface area (Å²) in [5.74, 6) is 0.968. The van der Waals surface area contributed by atoms with Crippen LogP contribution >= 0.6 is 11.3 Å². The second-order valence-electron chi connectivity index (χ2n) is 8.73. The highest BCUT2D eigenvalue weighted by Gasteiger charge is 2.25. The number of nitrogens with one attached hydrogen (secondary N) is 1. The Labute approximate surface area is 192 Å². The molecule has 0 bridgehead atoms. The lowest BCUT2D eigenvalue weighted by Crippen LogP contribution is -2.41. The minimum Gasteiger partial charge on any atom is -0.391 e. The normalized spacial score (nSPS) is 17.8. The Morgan fingerprint density at radius 2 is 1.97 bits per heavy atom. The number of aromatic amines is 1. The smallest absolute Gasteiger partial charge is 0.253 e. The first-order valence-electron chi connectivity index (χ1n) is 11.4. The van der Waals surface area contributed by atoms with Gasteiger partial charge in [-0.2, -0.15) is 0 Å². The van der Waals surface area contributed by atoms with Gasteiger partial charge in [-0.3, -0.25) is 4.79 Å². The van der Waals surface area contributed by atoms with Gasteiger partial charge in [0, 0.05) is 49.7 Å². The zero-order valence-corrected chi connectivity index (χ0v) is 18.9. The summed E-state index contributed by atoms with van der Waals surface area (Å²) in [7, 11) is 0. The maximum absolute atomic E-state index is 12.6. The molecule has 0 aliphatic carbocycles. The number of aliphatic hydroxyl groups is 1. The van der Waals surface area contributed by atoms with Gasteiger partial charge in [0.1, 0.15) is 5.01 Å². The number of amides is 1. The number of hydrogen-bond acceptors (Lipinski definition) is 5. The van der Waals surface area contributed by atoms with E-state index in [1.807, 2.05) is 17.0 Å². The lowest BCUT2D eigenvalue weighted by Gasteiger charge is -2.31. The molecule has 5 rings (SSSR count). The second-order valence-corrected chi connectivity index (χ2v) is 9.84. The minimum atomic E-state index is 0.0140. The van der Waals surface area contributed by atoms with Crippen molar-refractivity contribution in [1.29, 1.82) is 0 Å². The molecule has 1 amide bonds. The summed E-state index contributed by atoms with van der Waals surface area (Å²) in [6.45, 7) is 3.42. The molecule has 168 valence electrons. The Morgan fingerprint density at radius 1 is 1.19 bits per heavy atom. The van der Waals surface area contributed by atoms with E-state index in [0.717, 1.165) is 78.8 Å². The lowest BCUT2D eigenvalue weighted by molar-refractivity contribution is 0.0625. The van der Waals surface area contributed by atoms with Crippen molar-refractivity contribution in [2.24, 2.45) is 5.92 Å². The fourth-order valence-electron chi connectivity index (χ4n) is 4.56. The first-order chi connectivity index (χ1) is 15.7. The number of ether oxygens (including phenoxy) is 1. The van der Waals surface area contributed by atoms with Crippen LogP contribution in [0.2, 0.25) is 0 Å².